The van der Waals surface area contributed by atoms with Gasteiger partial charge < -0.3 is 14.6 Å². The minimum Gasteiger partial charge on any atom is -0.454 e. The molecule has 46 heavy (non-hydrogen) atoms. The molecule has 4 heterocycles. The van der Waals surface area contributed by atoms with E-state index in [1.807, 2.05) is 0 Å². The Kier molecular flexibility index (Phi) is 7.59. The summed E-state index contributed by atoms with van der Waals surface area (Å²) in [6, 6.07) is 9.83. The number of carbonyl (C=O) groups is 3. The number of imidazole rings is 1. The molecule has 0 saturated heterocycles. The number of hydrogen-bond donors (Lipinski definition) is 1. The first-order valence-electron chi connectivity index (χ1n) is 13.8. The zero-order valence-electron chi connectivity index (χ0n) is 24.2. The highest BCUT2D eigenvalue weighted by atomic mass is 19.4. The summed E-state index contributed by atoms with van der Waals surface area (Å²) in [6.07, 6.45) is 2.66. The van der Waals surface area contributed by atoms with Crippen molar-refractivity contribution in [1.82, 2.24) is 19.2 Å². The van der Waals surface area contributed by atoms with Crippen molar-refractivity contribution in [3.05, 3.63) is 90.9 Å². The Morgan fingerprint density at radius 1 is 1.04 bits per heavy atom. The molecule has 1 N–H and O–H groups in total. The third kappa shape index (κ3) is 5.69. The lowest BCUT2D eigenvalue weighted by atomic mass is 10.0. The van der Waals surface area contributed by atoms with Gasteiger partial charge in [-0.1, -0.05) is 0 Å². The van der Waals surface area contributed by atoms with E-state index in [0.29, 0.717) is 22.8 Å². The van der Waals surface area contributed by atoms with Gasteiger partial charge >= 0.3 is 18.1 Å². The van der Waals surface area contributed by atoms with Crippen molar-refractivity contribution in [2.45, 2.75) is 13.1 Å². The number of ether oxygens (including phenoxy) is 1. The van der Waals surface area contributed by atoms with Crippen LogP contribution >= 0.6 is 0 Å². The van der Waals surface area contributed by atoms with Crippen LogP contribution in [0.5, 0.6) is 11.5 Å². The van der Waals surface area contributed by atoms with E-state index in [4.69, 9.17) is 4.74 Å². The van der Waals surface area contributed by atoms with Crippen LogP contribution in [-0.2, 0) is 22.8 Å². The largest absolute Gasteiger partial charge is 0.505 e. The number of fused-ring (bicyclic) bond motifs is 1. The molecule has 1 aliphatic heterocycles. The number of aryl methyl sites for hydroxylation is 1. The SMILES string of the molecule is CC[N+]1=CC(C(=O)Nc2ccc(Oc3cc(-c4cn(C)cn4)cn4nccc34)c(C(F)(F)F)c2)C(=O)N(c2ccc(F)cc2)C1=O. The molecule has 234 valence electrons. The molecule has 0 spiro atoms. The number of pyridine rings is 1. The maximum absolute atomic E-state index is 14.3. The summed E-state index contributed by atoms with van der Waals surface area (Å²) in [5.41, 5.74) is 0.0683. The smallest absolute Gasteiger partial charge is 0.454 e. The van der Waals surface area contributed by atoms with Gasteiger partial charge in [0.1, 0.15) is 28.3 Å². The molecule has 11 nitrogen and oxygen atoms in total. The molecular formula is C31H24F4N7O4+. The number of rotatable bonds is 7. The van der Waals surface area contributed by atoms with Gasteiger partial charge in [0.25, 0.3) is 0 Å². The molecule has 0 aliphatic carbocycles. The fourth-order valence-electron chi connectivity index (χ4n) is 4.95. The fourth-order valence-corrected chi connectivity index (χ4v) is 4.95. The van der Waals surface area contributed by atoms with E-state index in [0.717, 1.165) is 33.9 Å². The van der Waals surface area contributed by atoms with Crippen LogP contribution in [0.3, 0.4) is 0 Å². The van der Waals surface area contributed by atoms with Crippen LogP contribution in [0, 0.1) is 11.7 Å². The second-order valence-corrected chi connectivity index (χ2v) is 10.3. The summed E-state index contributed by atoms with van der Waals surface area (Å²) in [4.78, 5) is 44.5. The van der Waals surface area contributed by atoms with Crippen molar-refractivity contribution in [3.8, 4) is 22.8 Å². The van der Waals surface area contributed by atoms with Crippen molar-refractivity contribution in [2.24, 2.45) is 13.0 Å². The second-order valence-electron chi connectivity index (χ2n) is 10.3. The average molecular weight is 635 g/mol. The number of amides is 4. The zero-order chi connectivity index (χ0) is 32.7. The highest BCUT2D eigenvalue weighted by molar-refractivity contribution is 6.28. The number of urea groups is 1. The monoisotopic (exact) mass is 634 g/mol. The van der Waals surface area contributed by atoms with Crippen molar-refractivity contribution < 1.29 is 41.3 Å². The molecule has 15 heteroatoms. The lowest BCUT2D eigenvalue weighted by Crippen LogP contribution is -2.54. The van der Waals surface area contributed by atoms with Gasteiger partial charge in [-0.3, -0.25) is 4.79 Å². The third-order valence-corrected chi connectivity index (χ3v) is 7.20. The number of benzene rings is 2. The van der Waals surface area contributed by atoms with Crippen molar-refractivity contribution >= 4 is 41.0 Å². The van der Waals surface area contributed by atoms with Crippen LogP contribution in [0.15, 0.2) is 79.5 Å². The maximum Gasteiger partial charge on any atom is 0.505 e. The lowest BCUT2D eigenvalue weighted by molar-refractivity contribution is -0.419. The Balaban J connectivity index is 1.31. The second kappa shape index (κ2) is 11.6. The minimum absolute atomic E-state index is 0.0287. The Morgan fingerprint density at radius 3 is 2.48 bits per heavy atom. The number of imide groups is 1. The number of nitrogens with zero attached hydrogens (tertiary/aromatic N) is 6. The van der Waals surface area contributed by atoms with Gasteiger partial charge in [0.2, 0.25) is 5.91 Å². The summed E-state index contributed by atoms with van der Waals surface area (Å²) in [6.45, 7) is 1.70. The maximum atomic E-state index is 14.3. The van der Waals surface area contributed by atoms with Crippen LogP contribution in [0.2, 0.25) is 0 Å². The molecule has 3 aromatic heterocycles. The molecular weight excluding hydrogens is 610 g/mol. The van der Waals surface area contributed by atoms with E-state index >= 15 is 0 Å². The molecule has 1 aliphatic rings. The normalized spacial score (nSPS) is 15.3. The predicted octanol–water partition coefficient (Wildman–Crippen LogP) is 5.51. The van der Waals surface area contributed by atoms with E-state index in [2.05, 4.69) is 15.4 Å². The molecule has 5 aromatic rings. The fraction of sp³-hybridized carbons (Fsp3) is 0.161. The average Bonchev–Trinajstić information content (AvgIpc) is 3.67. The molecule has 0 bridgehead atoms. The molecule has 0 saturated carbocycles. The Morgan fingerprint density at radius 2 is 1.80 bits per heavy atom. The molecule has 0 fully saturated rings. The van der Waals surface area contributed by atoms with Crippen molar-refractivity contribution in [2.75, 3.05) is 16.8 Å². The highest BCUT2D eigenvalue weighted by Crippen LogP contribution is 2.41. The lowest BCUT2D eigenvalue weighted by Gasteiger charge is -2.23. The number of nitrogens with one attached hydrogen (secondary N) is 1. The summed E-state index contributed by atoms with van der Waals surface area (Å²) < 4.78 is 66.6. The standard InChI is InChI=1S/C31H23F4N7O4/c1-3-40-15-22(29(44)42(30(40)45)21-7-4-19(32)5-8-21)28(43)38-20-6-9-26(23(13-20)31(33,34)35)46-27-12-18(24-16-39(2)17-36-24)14-41-25(27)10-11-37-41/h4-17,22H,3H2,1-2H3/p+1. The number of alkyl halides is 3. The van der Waals surface area contributed by atoms with Crippen molar-refractivity contribution in [3.63, 3.8) is 0 Å². The first-order chi connectivity index (χ1) is 21.9. The first kappa shape index (κ1) is 30.2. The van der Waals surface area contributed by atoms with Gasteiger partial charge in [0.15, 0.2) is 11.7 Å². The van der Waals surface area contributed by atoms with E-state index in [-0.39, 0.29) is 23.7 Å². The number of halogens is 4. The molecule has 1 atom stereocenters. The summed E-state index contributed by atoms with van der Waals surface area (Å²) in [5.74, 6) is -4.57. The van der Waals surface area contributed by atoms with Crippen molar-refractivity contribution in [1.29, 1.82) is 0 Å². The topological polar surface area (TPSA) is 114 Å². The molecule has 0 radical (unpaired) electrons. The summed E-state index contributed by atoms with van der Waals surface area (Å²) >= 11 is 0. The van der Waals surface area contributed by atoms with E-state index in [9.17, 15) is 31.9 Å². The van der Waals surface area contributed by atoms with Crippen LogP contribution in [-0.4, -0.2) is 54.3 Å². The van der Waals surface area contributed by atoms with E-state index in [1.54, 1.807) is 49.4 Å². The number of hydrogen-bond acceptors (Lipinski definition) is 6. The van der Waals surface area contributed by atoms with E-state index in [1.165, 1.54) is 28.9 Å². The van der Waals surface area contributed by atoms with Crippen LogP contribution in [0.1, 0.15) is 12.5 Å². The van der Waals surface area contributed by atoms with Crippen LogP contribution in [0.25, 0.3) is 16.8 Å². The third-order valence-electron chi connectivity index (χ3n) is 7.20. The Bertz CT molecular complexity index is 2030. The van der Waals surface area contributed by atoms with Gasteiger partial charge in [-0.2, -0.15) is 23.1 Å². The minimum atomic E-state index is -4.90. The Hall–Kier alpha value is -5.86. The first-order valence-corrected chi connectivity index (χ1v) is 13.8. The number of carbonyl (C=O) groups excluding carboxylic acids is 3. The predicted molar refractivity (Wildman–Crippen MR) is 157 cm³/mol. The number of anilines is 2. The van der Waals surface area contributed by atoms with Gasteiger partial charge in [0, 0.05) is 30.7 Å². The van der Waals surface area contributed by atoms with E-state index < -0.39 is 47.1 Å². The molecule has 4 amide bonds. The Labute approximate surface area is 258 Å². The summed E-state index contributed by atoms with van der Waals surface area (Å²) in [7, 11) is 1.78. The van der Waals surface area contributed by atoms with Gasteiger partial charge in [-0.05, 0) is 61.5 Å². The number of aromatic nitrogens is 4. The van der Waals surface area contributed by atoms with Crippen LogP contribution < -0.4 is 15.0 Å². The van der Waals surface area contributed by atoms with Crippen LogP contribution in [0.4, 0.5) is 33.7 Å². The molecule has 1 unspecified atom stereocenters. The van der Waals surface area contributed by atoms with Gasteiger partial charge in [-0.15, -0.1) is 4.90 Å². The quantitative estimate of drug-likeness (QED) is 0.144. The highest BCUT2D eigenvalue weighted by Gasteiger charge is 2.47. The molecule has 6 rings (SSSR count). The summed E-state index contributed by atoms with van der Waals surface area (Å²) in [5, 5.41) is 6.53. The van der Waals surface area contributed by atoms with Gasteiger partial charge in [0.05, 0.1) is 31.0 Å². The molecule has 2 aromatic carbocycles. The van der Waals surface area contributed by atoms with Gasteiger partial charge in [-0.25, -0.2) is 23.3 Å². The zero-order valence-corrected chi connectivity index (χ0v) is 24.2.